The van der Waals surface area contributed by atoms with Crippen LogP contribution in [0.5, 0.6) is 0 Å². The number of hydrogen-bond donors (Lipinski definition) is 1. The minimum absolute atomic E-state index is 0. The summed E-state index contributed by atoms with van der Waals surface area (Å²) in [5, 5.41) is 0.267. The summed E-state index contributed by atoms with van der Waals surface area (Å²) in [7, 11) is 1.59. The fourth-order valence-corrected chi connectivity index (χ4v) is 1.37. The fourth-order valence-electron chi connectivity index (χ4n) is 1.21. The summed E-state index contributed by atoms with van der Waals surface area (Å²) < 4.78 is 13.5. The summed E-state index contributed by atoms with van der Waals surface area (Å²) in [6, 6.07) is 3.84. The number of hydrogen-bond acceptors (Lipinski definition) is 2. The maximum absolute atomic E-state index is 13.5. The maximum atomic E-state index is 13.5. The normalized spacial score (nSPS) is 11.6. The standard InChI is InChI=1S/C11H14ClFN2O.ClH/c1-7(6-14)15(2)11(16)9-4-3-8(12)5-10(9)13;/h3-5,7H,6,14H2,1-2H3;1H. The van der Waals surface area contributed by atoms with Crippen LogP contribution in [-0.4, -0.2) is 30.4 Å². The van der Waals surface area contributed by atoms with Crippen LogP contribution < -0.4 is 5.73 Å². The van der Waals surface area contributed by atoms with Crippen LogP contribution in [0.4, 0.5) is 4.39 Å². The van der Waals surface area contributed by atoms with Gasteiger partial charge in [-0.3, -0.25) is 4.79 Å². The number of nitrogens with zero attached hydrogens (tertiary/aromatic N) is 1. The third-order valence-corrected chi connectivity index (χ3v) is 2.72. The molecule has 0 aromatic heterocycles. The number of likely N-dealkylation sites (N-methyl/N-ethyl adjacent to an activating group) is 1. The molecule has 0 radical (unpaired) electrons. The first-order valence-corrected chi connectivity index (χ1v) is 5.27. The van der Waals surface area contributed by atoms with Gasteiger partial charge in [0, 0.05) is 24.7 Å². The first kappa shape index (κ1) is 16.2. The van der Waals surface area contributed by atoms with Crippen molar-refractivity contribution < 1.29 is 9.18 Å². The molecule has 0 spiro atoms. The average molecular weight is 281 g/mol. The Morgan fingerprint density at radius 2 is 2.18 bits per heavy atom. The number of rotatable bonds is 3. The van der Waals surface area contributed by atoms with E-state index in [1.54, 1.807) is 14.0 Å². The molecule has 0 aliphatic heterocycles. The van der Waals surface area contributed by atoms with Gasteiger partial charge >= 0.3 is 0 Å². The molecule has 1 unspecified atom stereocenters. The van der Waals surface area contributed by atoms with Crippen molar-refractivity contribution in [3.63, 3.8) is 0 Å². The second-order valence-corrected chi connectivity index (χ2v) is 4.06. The lowest BCUT2D eigenvalue weighted by Gasteiger charge is -2.23. The molecule has 1 rings (SSSR count). The van der Waals surface area contributed by atoms with Gasteiger partial charge in [-0.1, -0.05) is 11.6 Å². The van der Waals surface area contributed by atoms with Crippen LogP contribution in [0.3, 0.4) is 0 Å². The van der Waals surface area contributed by atoms with E-state index in [4.69, 9.17) is 17.3 Å². The van der Waals surface area contributed by atoms with Gasteiger partial charge < -0.3 is 10.6 Å². The predicted octanol–water partition coefficient (Wildman–Crippen LogP) is 2.32. The van der Waals surface area contributed by atoms with Crippen molar-refractivity contribution in [2.24, 2.45) is 5.73 Å². The summed E-state index contributed by atoms with van der Waals surface area (Å²) in [6.45, 7) is 2.13. The van der Waals surface area contributed by atoms with Crippen LogP contribution in [0, 0.1) is 5.82 Å². The third-order valence-electron chi connectivity index (χ3n) is 2.48. The topological polar surface area (TPSA) is 46.3 Å². The van der Waals surface area contributed by atoms with E-state index in [1.165, 1.54) is 17.0 Å². The molecular formula is C11H15Cl2FN2O. The molecule has 0 saturated heterocycles. The first-order chi connectivity index (χ1) is 7.47. The van der Waals surface area contributed by atoms with E-state index in [9.17, 15) is 9.18 Å². The van der Waals surface area contributed by atoms with Crippen LogP contribution in [0.15, 0.2) is 18.2 Å². The summed E-state index contributed by atoms with van der Waals surface area (Å²) >= 11 is 5.61. The van der Waals surface area contributed by atoms with E-state index < -0.39 is 11.7 Å². The summed E-state index contributed by atoms with van der Waals surface area (Å²) in [4.78, 5) is 13.3. The van der Waals surface area contributed by atoms with E-state index in [0.717, 1.165) is 6.07 Å². The van der Waals surface area contributed by atoms with E-state index in [-0.39, 0.29) is 29.0 Å². The molecule has 0 aliphatic carbocycles. The summed E-state index contributed by atoms with van der Waals surface area (Å²) in [5.41, 5.74) is 5.45. The van der Waals surface area contributed by atoms with Gasteiger partial charge in [-0.25, -0.2) is 4.39 Å². The Morgan fingerprint density at radius 3 is 2.65 bits per heavy atom. The Bertz CT molecular complexity index is 401. The predicted molar refractivity (Wildman–Crippen MR) is 69.3 cm³/mol. The lowest BCUT2D eigenvalue weighted by Crippen LogP contribution is -2.40. The smallest absolute Gasteiger partial charge is 0.256 e. The van der Waals surface area contributed by atoms with Gasteiger partial charge in [0.05, 0.1) is 5.56 Å². The number of benzene rings is 1. The minimum Gasteiger partial charge on any atom is -0.338 e. The Labute approximate surface area is 111 Å². The first-order valence-electron chi connectivity index (χ1n) is 4.89. The summed E-state index contributed by atoms with van der Waals surface area (Å²) in [6.07, 6.45) is 0. The number of nitrogens with two attached hydrogens (primary N) is 1. The van der Waals surface area contributed by atoms with E-state index in [0.29, 0.717) is 6.54 Å². The molecule has 0 heterocycles. The Balaban J connectivity index is 0.00000256. The van der Waals surface area contributed by atoms with Gasteiger partial charge in [0.25, 0.3) is 5.91 Å². The van der Waals surface area contributed by atoms with Gasteiger partial charge in [-0.2, -0.15) is 0 Å². The second kappa shape index (κ2) is 6.79. The largest absolute Gasteiger partial charge is 0.338 e. The van der Waals surface area contributed by atoms with Crippen LogP contribution in [0.2, 0.25) is 5.02 Å². The average Bonchev–Trinajstić information content (AvgIpc) is 2.26. The molecule has 96 valence electrons. The highest BCUT2D eigenvalue weighted by atomic mass is 35.5. The van der Waals surface area contributed by atoms with E-state index in [2.05, 4.69) is 0 Å². The van der Waals surface area contributed by atoms with Crippen molar-refractivity contribution in [2.75, 3.05) is 13.6 Å². The quantitative estimate of drug-likeness (QED) is 0.924. The van der Waals surface area contributed by atoms with E-state index in [1.807, 2.05) is 0 Å². The second-order valence-electron chi connectivity index (χ2n) is 3.62. The molecule has 17 heavy (non-hydrogen) atoms. The van der Waals surface area contributed by atoms with Gasteiger partial charge in [0.15, 0.2) is 0 Å². The Hall–Kier alpha value is -0.840. The van der Waals surface area contributed by atoms with Gasteiger partial charge in [0.1, 0.15) is 5.82 Å². The molecule has 0 aliphatic rings. The highest BCUT2D eigenvalue weighted by Gasteiger charge is 2.19. The zero-order valence-corrected chi connectivity index (χ0v) is 11.2. The van der Waals surface area contributed by atoms with Crippen molar-refractivity contribution in [1.29, 1.82) is 0 Å². The van der Waals surface area contributed by atoms with Crippen molar-refractivity contribution in [1.82, 2.24) is 4.90 Å². The highest BCUT2D eigenvalue weighted by molar-refractivity contribution is 6.30. The maximum Gasteiger partial charge on any atom is 0.256 e. The molecule has 3 nitrogen and oxygen atoms in total. The molecule has 6 heteroatoms. The van der Waals surface area contributed by atoms with Gasteiger partial charge in [-0.05, 0) is 25.1 Å². The zero-order chi connectivity index (χ0) is 12.3. The van der Waals surface area contributed by atoms with Gasteiger partial charge in [0.2, 0.25) is 0 Å². The number of amides is 1. The van der Waals surface area contributed by atoms with Crippen LogP contribution in [0.25, 0.3) is 0 Å². The van der Waals surface area contributed by atoms with Crippen molar-refractivity contribution in [3.8, 4) is 0 Å². The Kier molecular flexibility index (Phi) is 6.45. The fraction of sp³-hybridized carbons (Fsp3) is 0.364. The molecule has 0 fully saturated rings. The zero-order valence-electron chi connectivity index (χ0n) is 9.61. The van der Waals surface area contributed by atoms with E-state index >= 15 is 0 Å². The van der Waals surface area contributed by atoms with Crippen molar-refractivity contribution in [3.05, 3.63) is 34.6 Å². The molecular weight excluding hydrogens is 266 g/mol. The number of carbonyl (C=O) groups is 1. The molecule has 1 aromatic carbocycles. The molecule has 1 atom stereocenters. The molecule has 0 saturated carbocycles. The lowest BCUT2D eigenvalue weighted by atomic mass is 10.1. The SMILES string of the molecule is CC(CN)N(C)C(=O)c1ccc(Cl)cc1F.Cl. The third kappa shape index (κ3) is 3.84. The molecule has 1 aromatic rings. The highest BCUT2D eigenvalue weighted by Crippen LogP contribution is 2.16. The van der Waals surface area contributed by atoms with Crippen molar-refractivity contribution >= 4 is 29.9 Å². The Morgan fingerprint density at radius 1 is 1.59 bits per heavy atom. The van der Waals surface area contributed by atoms with Crippen LogP contribution in [-0.2, 0) is 0 Å². The number of halogens is 3. The molecule has 1 amide bonds. The lowest BCUT2D eigenvalue weighted by molar-refractivity contribution is 0.0743. The van der Waals surface area contributed by atoms with Crippen molar-refractivity contribution in [2.45, 2.75) is 13.0 Å². The minimum atomic E-state index is -0.617. The van der Waals surface area contributed by atoms with Crippen LogP contribution >= 0.6 is 24.0 Å². The summed E-state index contributed by atoms with van der Waals surface area (Å²) in [5.74, 6) is -1.01. The van der Waals surface area contributed by atoms with Crippen LogP contribution in [0.1, 0.15) is 17.3 Å². The molecule has 2 N–H and O–H groups in total. The molecule has 0 bridgehead atoms. The van der Waals surface area contributed by atoms with Gasteiger partial charge in [-0.15, -0.1) is 12.4 Å². The monoisotopic (exact) mass is 280 g/mol. The number of carbonyl (C=O) groups excluding carboxylic acids is 1.